The van der Waals surface area contributed by atoms with Gasteiger partial charge < -0.3 is 4.90 Å². The number of hydrogen-bond donors (Lipinski definition) is 0. The third-order valence-corrected chi connectivity index (χ3v) is 5.85. The van der Waals surface area contributed by atoms with Gasteiger partial charge in [-0.05, 0) is 64.0 Å². The van der Waals surface area contributed by atoms with Gasteiger partial charge in [0.05, 0.1) is 10.1 Å². The van der Waals surface area contributed by atoms with Gasteiger partial charge in [-0.1, -0.05) is 23.1 Å². The molecule has 1 fully saturated rings. The first-order valence-corrected chi connectivity index (χ1v) is 8.21. The Balaban J connectivity index is 1.93. The number of hydrogen-bond acceptors (Lipinski definition) is 3. The molecule has 3 rings (SSSR count). The Kier molecular flexibility index (Phi) is 3.89. The molecule has 1 unspecified atom stereocenters. The topological polar surface area (TPSA) is 25.2 Å². The predicted octanol–water partition coefficient (Wildman–Crippen LogP) is 3.62. The van der Waals surface area contributed by atoms with E-state index in [0.717, 1.165) is 23.2 Å². The number of likely N-dealkylation sites (tertiary alicyclic amines) is 1. The van der Waals surface area contributed by atoms with Crippen LogP contribution in [-0.4, -0.2) is 29.0 Å². The van der Waals surface area contributed by atoms with E-state index < -0.39 is 0 Å². The zero-order valence-corrected chi connectivity index (χ0v) is 13.4. The predicted molar refractivity (Wildman–Crippen MR) is 86.0 cm³/mol. The molecule has 1 aliphatic heterocycles. The number of aromatic nitrogens is 1. The molecule has 0 bridgehead atoms. The van der Waals surface area contributed by atoms with Gasteiger partial charge >= 0.3 is 0 Å². The van der Waals surface area contributed by atoms with E-state index in [2.05, 4.69) is 18.9 Å². The Bertz CT molecular complexity index is 670. The lowest BCUT2D eigenvalue weighted by Crippen LogP contribution is -2.34. The monoisotopic (exact) mass is 310 g/mol. The van der Waals surface area contributed by atoms with Crippen molar-refractivity contribution in [2.75, 3.05) is 20.1 Å². The van der Waals surface area contributed by atoms with Crippen LogP contribution < -0.4 is 5.56 Å². The fraction of sp³-hybridized carbons (Fsp3) is 0.533. The van der Waals surface area contributed by atoms with Gasteiger partial charge in [0.2, 0.25) is 0 Å². The molecule has 2 heterocycles. The van der Waals surface area contributed by atoms with E-state index in [1.807, 2.05) is 16.1 Å². The first-order valence-electron chi connectivity index (χ1n) is 7.06. The molecule has 3 nitrogen and oxygen atoms in total. The van der Waals surface area contributed by atoms with Crippen LogP contribution in [0.4, 0.5) is 0 Å². The van der Waals surface area contributed by atoms with Gasteiger partial charge in [-0.3, -0.25) is 8.75 Å². The summed E-state index contributed by atoms with van der Waals surface area (Å²) >= 11 is 7.56. The zero-order valence-electron chi connectivity index (χ0n) is 11.8. The van der Waals surface area contributed by atoms with Gasteiger partial charge in [-0.2, -0.15) is 0 Å². The van der Waals surface area contributed by atoms with Crippen molar-refractivity contribution in [1.82, 2.24) is 8.86 Å². The van der Waals surface area contributed by atoms with E-state index in [-0.39, 0.29) is 11.6 Å². The number of halogens is 1. The number of rotatable bonds is 2. The normalized spacial score (nSPS) is 19.6. The molecular formula is C15H19ClN2OS. The summed E-state index contributed by atoms with van der Waals surface area (Å²) in [5.74, 6) is 0.590. The largest absolute Gasteiger partial charge is 0.306 e. The van der Waals surface area contributed by atoms with Crippen LogP contribution in [-0.2, 0) is 0 Å². The average molecular weight is 311 g/mol. The first kappa shape index (κ1) is 14.1. The van der Waals surface area contributed by atoms with E-state index in [1.54, 1.807) is 17.6 Å². The summed E-state index contributed by atoms with van der Waals surface area (Å²) in [6.07, 6.45) is 2.33. The molecule has 1 aromatic carbocycles. The number of fused-ring (bicyclic) bond motifs is 1. The van der Waals surface area contributed by atoms with Gasteiger partial charge in [0.25, 0.3) is 5.56 Å². The SMILES string of the molecule is CC(C1CCN(C)CC1)n1sc2cc(Cl)ccc2c1=O. The lowest BCUT2D eigenvalue weighted by molar-refractivity contribution is 0.183. The van der Waals surface area contributed by atoms with E-state index >= 15 is 0 Å². The molecule has 1 aromatic heterocycles. The van der Waals surface area contributed by atoms with Crippen LogP contribution >= 0.6 is 23.1 Å². The molecule has 0 saturated carbocycles. The molecule has 0 N–H and O–H groups in total. The van der Waals surface area contributed by atoms with Crippen LogP contribution in [0.1, 0.15) is 25.8 Å². The van der Waals surface area contributed by atoms with Crippen LogP contribution in [0.3, 0.4) is 0 Å². The second-order valence-electron chi connectivity index (χ2n) is 5.74. The highest BCUT2D eigenvalue weighted by Gasteiger charge is 2.25. The third kappa shape index (κ3) is 2.52. The fourth-order valence-electron chi connectivity index (χ4n) is 2.99. The van der Waals surface area contributed by atoms with Gasteiger partial charge in [0.1, 0.15) is 0 Å². The van der Waals surface area contributed by atoms with Gasteiger partial charge in [0, 0.05) is 11.1 Å². The number of benzene rings is 1. The number of nitrogens with zero attached hydrogens (tertiary/aromatic N) is 2. The molecule has 0 amide bonds. The Morgan fingerprint density at radius 2 is 2.05 bits per heavy atom. The smallest absolute Gasteiger partial charge is 0.268 e. The van der Waals surface area contributed by atoms with Crippen molar-refractivity contribution in [3.05, 3.63) is 33.6 Å². The van der Waals surface area contributed by atoms with Crippen LogP contribution in [0, 0.1) is 5.92 Å². The summed E-state index contributed by atoms with van der Waals surface area (Å²) in [7, 11) is 2.16. The lowest BCUT2D eigenvalue weighted by atomic mass is 9.91. The van der Waals surface area contributed by atoms with Gasteiger partial charge in [0.15, 0.2) is 0 Å². The second-order valence-corrected chi connectivity index (χ2v) is 7.20. The van der Waals surface area contributed by atoms with E-state index in [0.29, 0.717) is 10.9 Å². The summed E-state index contributed by atoms with van der Waals surface area (Å²) in [6, 6.07) is 5.80. The highest BCUT2D eigenvalue weighted by Crippen LogP contribution is 2.31. The van der Waals surface area contributed by atoms with Crippen molar-refractivity contribution < 1.29 is 0 Å². The van der Waals surface area contributed by atoms with Gasteiger partial charge in [-0.15, -0.1) is 0 Å². The van der Waals surface area contributed by atoms with Crippen molar-refractivity contribution in [3.63, 3.8) is 0 Å². The average Bonchev–Trinajstić information content (AvgIpc) is 2.75. The van der Waals surface area contributed by atoms with Crippen LogP contribution in [0.5, 0.6) is 0 Å². The highest BCUT2D eigenvalue weighted by molar-refractivity contribution is 7.13. The molecule has 2 aromatic rings. The quantitative estimate of drug-likeness (QED) is 0.846. The number of piperidine rings is 1. The van der Waals surface area contributed by atoms with E-state index in [1.165, 1.54) is 12.8 Å². The molecule has 5 heteroatoms. The summed E-state index contributed by atoms with van der Waals surface area (Å²) in [5.41, 5.74) is 0.132. The minimum Gasteiger partial charge on any atom is -0.306 e. The van der Waals surface area contributed by atoms with Gasteiger partial charge in [-0.25, -0.2) is 0 Å². The minimum absolute atomic E-state index is 0.132. The maximum atomic E-state index is 12.5. The van der Waals surface area contributed by atoms with Crippen LogP contribution in [0.2, 0.25) is 5.02 Å². The van der Waals surface area contributed by atoms with Crippen molar-refractivity contribution in [2.45, 2.75) is 25.8 Å². The van der Waals surface area contributed by atoms with Crippen molar-refractivity contribution in [2.24, 2.45) is 5.92 Å². The molecule has 1 aliphatic rings. The maximum absolute atomic E-state index is 12.5. The molecule has 0 radical (unpaired) electrons. The molecule has 1 saturated heterocycles. The lowest BCUT2D eigenvalue weighted by Gasteiger charge is -2.32. The summed E-state index contributed by atoms with van der Waals surface area (Å²) in [4.78, 5) is 14.9. The summed E-state index contributed by atoms with van der Waals surface area (Å²) in [5, 5.41) is 1.48. The molecule has 20 heavy (non-hydrogen) atoms. The Morgan fingerprint density at radius 1 is 1.35 bits per heavy atom. The Hall–Kier alpha value is -0.840. The van der Waals surface area contributed by atoms with Crippen LogP contribution in [0.25, 0.3) is 10.1 Å². The maximum Gasteiger partial charge on any atom is 0.268 e. The highest BCUT2D eigenvalue weighted by atomic mass is 35.5. The third-order valence-electron chi connectivity index (χ3n) is 4.39. The molecule has 0 spiro atoms. The Morgan fingerprint density at radius 3 is 2.75 bits per heavy atom. The molecule has 1 atom stereocenters. The molecule has 0 aliphatic carbocycles. The van der Waals surface area contributed by atoms with Crippen LogP contribution in [0.15, 0.2) is 23.0 Å². The second kappa shape index (κ2) is 5.51. The van der Waals surface area contributed by atoms with E-state index in [4.69, 9.17) is 11.6 Å². The summed E-state index contributed by atoms with van der Waals surface area (Å²) < 4.78 is 2.93. The van der Waals surface area contributed by atoms with E-state index in [9.17, 15) is 4.79 Å². The standard InChI is InChI=1S/C15H19ClN2OS/c1-10(11-5-7-17(2)8-6-11)18-15(19)13-4-3-12(16)9-14(13)20-18/h3-4,9-11H,5-8H2,1-2H3. The molecule has 108 valence electrons. The molecular weight excluding hydrogens is 292 g/mol. The zero-order chi connectivity index (χ0) is 14.3. The minimum atomic E-state index is 0.132. The Labute approximate surface area is 127 Å². The first-order chi connectivity index (χ1) is 9.56. The van der Waals surface area contributed by atoms with Crippen molar-refractivity contribution in [3.8, 4) is 0 Å². The fourth-order valence-corrected chi connectivity index (χ4v) is 4.39. The van der Waals surface area contributed by atoms with Crippen molar-refractivity contribution in [1.29, 1.82) is 0 Å². The van der Waals surface area contributed by atoms with Crippen molar-refractivity contribution >= 4 is 33.2 Å². The summed E-state index contributed by atoms with van der Waals surface area (Å²) in [6.45, 7) is 4.43.